The van der Waals surface area contributed by atoms with Gasteiger partial charge in [-0.3, -0.25) is 0 Å². The zero-order valence-corrected chi connectivity index (χ0v) is 20.0. The van der Waals surface area contributed by atoms with Crippen molar-refractivity contribution >= 4 is 25.5 Å². The highest BCUT2D eigenvalue weighted by Gasteiger charge is 2.35. The normalized spacial score (nSPS) is 18.8. The number of anilines is 1. The molecule has 10 heteroatoms. The maximum atomic E-state index is 14.5. The summed E-state index contributed by atoms with van der Waals surface area (Å²) in [5.41, 5.74) is 0.971. The first kappa shape index (κ1) is 23.2. The van der Waals surface area contributed by atoms with Crippen LogP contribution in [-0.2, 0) is 26.4 Å². The summed E-state index contributed by atoms with van der Waals surface area (Å²) in [7, 11) is -6.42. The molecule has 7 nitrogen and oxygen atoms in total. The molecule has 0 saturated carbocycles. The molecule has 0 spiro atoms. The molecular formula is C22H28FN3O4S2. The summed E-state index contributed by atoms with van der Waals surface area (Å²) in [4.78, 5) is 1.36. The van der Waals surface area contributed by atoms with E-state index < -0.39 is 25.7 Å². The number of hydrogen-bond acceptors (Lipinski definition) is 6. The number of nitrogens with one attached hydrogen (secondary N) is 2. The van der Waals surface area contributed by atoms with Gasteiger partial charge in [0.2, 0.25) is 19.9 Å². The third-order valence-corrected chi connectivity index (χ3v) is 9.57. The van der Waals surface area contributed by atoms with E-state index in [0.29, 0.717) is 24.1 Å². The average molecular weight is 482 g/mol. The summed E-state index contributed by atoms with van der Waals surface area (Å²) in [6.07, 6.45) is 1.32. The summed E-state index contributed by atoms with van der Waals surface area (Å²) < 4.78 is 71.2. The van der Waals surface area contributed by atoms with Crippen LogP contribution in [0.25, 0.3) is 0 Å². The predicted molar refractivity (Wildman–Crippen MR) is 121 cm³/mol. The molecule has 2 heterocycles. The molecule has 174 valence electrons. The van der Waals surface area contributed by atoms with Gasteiger partial charge in [0, 0.05) is 25.2 Å². The minimum atomic E-state index is -4.14. The van der Waals surface area contributed by atoms with Crippen LogP contribution in [0.2, 0.25) is 0 Å². The lowest BCUT2D eigenvalue weighted by molar-refractivity contribution is 0.426. The molecule has 2 aliphatic heterocycles. The Morgan fingerprint density at radius 2 is 1.84 bits per heavy atom. The molecule has 1 saturated heterocycles. The second kappa shape index (κ2) is 8.40. The van der Waals surface area contributed by atoms with E-state index in [9.17, 15) is 21.2 Å². The number of halogens is 1. The van der Waals surface area contributed by atoms with E-state index in [0.717, 1.165) is 13.1 Å². The Morgan fingerprint density at radius 1 is 1.16 bits per heavy atom. The van der Waals surface area contributed by atoms with Crippen molar-refractivity contribution in [2.45, 2.75) is 59.9 Å². The van der Waals surface area contributed by atoms with Crippen LogP contribution in [0.1, 0.15) is 43.7 Å². The minimum Gasteiger partial charge on any atom is -0.369 e. The van der Waals surface area contributed by atoms with Gasteiger partial charge < -0.3 is 10.2 Å². The molecule has 0 unspecified atom stereocenters. The van der Waals surface area contributed by atoms with Crippen LogP contribution in [0.15, 0.2) is 45.0 Å². The van der Waals surface area contributed by atoms with E-state index in [1.807, 2.05) is 13.8 Å². The second-order valence-corrected chi connectivity index (χ2v) is 12.3. The summed E-state index contributed by atoms with van der Waals surface area (Å²) >= 11 is 0. The predicted octanol–water partition coefficient (Wildman–Crippen LogP) is 2.76. The largest absolute Gasteiger partial charge is 0.369 e. The smallest absolute Gasteiger partial charge is 0.241 e. The topological polar surface area (TPSA) is 95.6 Å². The zero-order valence-electron chi connectivity index (χ0n) is 18.4. The van der Waals surface area contributed by atoms with Gasteiger partial charge in [-0.1, -0.05) is 19.9 Å². The van der Waals surface area contributed by atoms with Gasteiger partial charge in [0.15, 0.2) is 0 Å². The van der Waals surface area contributed by atoms with E-state index in [4.69, 9.17) is 0 Å². The summed E-state index contributed by atoms with van der Waals surface area (Å²) in [6.45, 7) is 5.23. The fourth-order valence-electron chi connectivity index (χ4n) is 4.37. The minimum absolute atomic E-state index is 0.0402. The molecule has 2 aromatic carbocycles. The van der Waals surface area contributed by atoms with Crippen LogP contribution < -0.4 is 14.9 Å². The highest BCUT2D eigenvalue weighted by Crippen LogP contribution is 2.41. The third kappa shape index (κ3) is 4.05. The van der Waals surface area contributed by atoms with Gasteiger partial charge in [-0.05, 0) is 61.7 Å². The van der Waals surface area contributed by atoms with Crippen molar-refractivity contribution in [1.29, 1.82) is 0 Å². The van der Waals surface area contributed by atoms with Gasteiger partial charge >= 0.3 is 0 Å². The van der Waals surface area contributed by atoms with E-state index in [1.165, 1.54) is 24.3 Å². The SMILES string of the molecule is CC(C)c1cc2c(cc1S(=O)(=O)NC1CCNCC1)S(=O)(=O)c1cccc(F)c1CN2C. The first-order chi connectivity index (χ1) is 15.0. The second-order valence-electron chi connectivity index (χ2n) is 8.73. The van der Waals surface area contributed by atoms with E-state index in [1.54, 1.807) is 18.0 Å². The molecule has 0 aromatic heterocycles. The molecule has 0 bridgehead atoms. The van der Waals surface area contributed by atoms with Gasteiger partial charge in [-0.15, -0.1) is 0 Å². The molecule has 0 aliphatic carbocycles. The van der Waals surface area contributed by atoms with E-state index in [2.05, 4.69) is 10.0 Å². The standard InChI is InChI=1S/C22H28FN3O4S2/c1-14(2)16-11-19-22(12-21(16)32(29,30)25-15-7-9-24-10-8-15)31(27,28)20-6-4-5-18(23)17(20)13-26(19)3/h4-6,11-12,14-15,24-25H,7-10,13H2,1-3H3. The quantitative estimate of drug-likeness (QED) is 0.697. The van der Waals surface area contributed by atoms with Crippen molar-refractivity contribution in [2.24, 2.45) is 0 Å². The molecule has 2 aromatic rings. The molecule has 0 atom stereocenters. The van der Waals surface area contributed by atoms with Crippen LogP contribution in [-0.4, -0.2) is 43.0 Å². The van der Waals surface area contributed by atoms with Crippen LogP contribution in [0.4, 0.5) is 10.1 Å². The molecule has 32 heavy (non-hydrogen) atoms. The van der Waals surface area contributed by atoms with Crippen molar-refractivity contribution in [1.82, 2.24) is 10.0 Å². The number of sulfonamides is 1. The molecule has 4 rings (SSSR count). The lowest BCUT2D eigenvalue weighted by Gasteiger charge is -2.26. The molecule has 1 fully saturated rings. The first-order valence-electron chi connectivity index (χ1n) is 10.7. The number of nitrogens with zero attached hydrogens (tertiary/aromatic N) is 1. The number of sulfone groups is 1. The highest BCUT2D eigenvalue weighted by molar-refractivity contribution is 7.92. The summed E-state index contributed by atoms with van der Waals surface area (Å²) in [5.74, 6) is -0.770. The Labute approximate surface area is 189 Å². The average Bonchev–Trinajstić information content (AvgIpc) is 2.81. The Bertz CT molecular complexity index is 1250. The third-order valence-electron chi connectivity index (χ3n) is 6.13. The number of rotatable bonds is 4. The van der Waals surface area contributed by atoms with Crippen LogP contribution in [0, 0.1) is 5.82 Å². The Kier molecular flexibility index (Phi) is 6.08. The molecular weight excluding hydrogens is 453 g/mol. The fraction of sp³-hybridized carbons (Fsp3) is 0.455. The number of benzene rings is 2. The van der Waals surface area contributed by atoms with E-state index in [-0.39, 0.29) is 38.8 Å². The number of fused-ring (bicyclic) bond motifs is 2. The lowest BCUT2D eigenvalue weighted by Crippen LogP contribution is -2.42. The van der Waals surface area contributed by atoms with Crippen molar-refractivity contribution in [3.63, 3.8) is 0 Å². The lowest BCUT2D eigenvalue weighted by atomic mass is 10.0. The maximum absolute atomic E-state index is 14.5. The van der Waals surface area contributed by atoms with Gasteiger partial charge in [-0.2, -0.15) is 0 Å². The van der Waals surface area contributed by atoms with Crippen molar-refractivity contribution < 1.29 is 21.2 Å². The van der Waals surface area contributed by atoms with Crippen LogP contribution in [0.5, 0.6) is 0 Å². The van der Waals surface area contributed by atoms with Crippen LogP contribution in [0.3, 0.4) is 0 Å². The monoisotopic (exact) mass is 481 g/mol. The number of hydrogen-bond donors (Lipinski definition) is 2. The first-order valence-corrected chi connectivity index (χ1v) is 13.6. The fourth-order valence-corrected chi connectivity index (χ4v) is 7.87. The maximum Gasteiger partial charge on any atom is 0.241 e. The molecule has 0 radical (unpaired) electrons. The zero-order chi connectivity index (χ0) is 23.3. The summed E-state index contributed by atoms with van der Waals surface area (Å²) in [6, 6.07) is 6.62. The number of piperidine rings is 1. The molecule has 2 N–H and O–H groups in total. The van der Waals surface area contributed by atoms with Gasteiger partial charge in [-0.25, -0.2) is 25.9 Å². The molecule has 0 amide bonds. The molecule has 2 aliphatic rings. The van der Waals surface area contributed by atoms with E-state index >= 15 is 0 Å². The van der Waals surface area contributed by atoms with Crippen molar-refractivity contribution in [3.05, 3.63) is 47.3 Å². The summed E-state index contributed by atoms with van der Waals surface area (Å²) in [5, 5.41) is 3.20. The van der Waals surface area contributed by atoms with Gasteiger partial charge in [0.05, 0.1) is 20.4 Å². The Morgan fingerprint density at radius 3 is 2.50 bits per heavy atom. The van der Waals surface area contributed by atoms with Gasteiger partial charge in [0.1, 0.15) is 5.82 Å². The highest BCUT2D eigenvalue weighted by atomic mass is 32.2. The van der Waals surface area contributed by atoms with Crippen molar-refractivity contribution in [3.8, 4) is 0 Å². The van der Waals surface area contributed by atoms with Crippen molar-refractivity contribution in [2.75, 3.05) is 25.0 Å². The Balaban J connectivity index is 1.92. The van der Waals surface area contributed by atoms with Crippen LogP contribution >= 0.6 is 0 Å². The Hall–Kier alpha value is -2.01. The van der Waals surface area contributed by atoms with Gasteiger partial charge in [0.25, 0.3) is 0 Å².